The van der Waals surface area contributed by atoms with Crippen LogP contribution in [-0.2, 0) is 11.2 Å². The van der Waals surface area contributed by atoms with Gasteiger partial charge in [-0.05, 0) is 50.8 Å². The highest BCUT2D eigenvalue weighted by Crippen LogP contribution is 2.37. The first-order valence-electron chi connectivity index (χ1n) is 8.98. The summed E-state index contributed by atoms with van der Waals surface area (Å²) in [7, 11) is 3.25. The maximum absolute atomic E-state index is 12.8. The van der Waals surface area contributed by atoms with Gasteiger partial charge in [-0.25, -0.2) is 0 Å². The average Bonchev–Trinajstić information content (AvgIpc) is 3.26. The second kappa shape index (κ2) is 7.81. The second-order valence-electron chi connectivity index (χ2n) is 6.66. The van der Waals surface area contributed by atoms with E-state index in [1.807, 2.05) is 36.9 Å². The van der Waals surface area contributed by atoms with E-state index in [2.05, 4.69) is 5.16 Å². The van der Waals surface area contributed by atoms with Crippen molar-refractivity contribution in [1.82, 2.24) is 10.1 Å². The van der Waals surface area contributed by atoms with Gasteiger partial charge in [-0.3, -0.25) is 4.79 Å². The zero-order valence-electron chi connectivity index (χ0n) is 15.9. The molecule has 0 saturated carbocycles. The van der Waals surface area contributed by atoms with Crippen molar-refractivity contribution >= 4 is 5.91 Å². The van der Waals surface area contributed by atoms with E-state index in [9.17, 15) is 4.79 Å². The molecule has 1 aliphatic heterocycles. The molecular formula is C20H26N2O4. The summed E-state index contributed by atoms with van der Waals surface area (Å²) in [5.41, 5.74) is 3.00. The number of benzene rings is 1. The highest BCUT2D eigenvalue weighted by atomic mass is 16.5. The van der Waals surface area contributed by atoms with Gasteiger partial charge in [0.1, 0.15) is 5.76 Å². The Morgan fingerprint density at radius 2 is 2.04 bits per heavy atom. The van der Waals surface area contributed by atoms with Crippen LogP contribution in [-0.4, -0.2) is 36.7 Å². The summed E-state index contributed by atoms with van der Waals surface area (Å²) in [6.45, 7) is 4.60. The summed E-state index contributed by atoms with van der Waals surface area (Å²) < 4.78 is 15.9. The second-order valence-corrected chi connectivity index (χ2v) is 6.66. The van der Waals surface area contributed by atoms with Crippen LogP contribution < -0.4 is 9.47 Å². The third kappa shape index (κ3) is 3.54. The Balaban J connectivity index is 1.72. The molecule has 1 aliphatic rings. The largest absolute Gasteiger partial charge is 0.493 e. The molecule has 140 valence electrons. The van der Waals surface area contributed by atoms with Crippen molar-refractivity contribution in [3.63, 3.8) is 0 Å². The summed E-state index contributed by atoms with van der Waals surface area (Å²) in [6.07, 6.45) is 3.10. The Labute approximate surface area is 154 Å². The van der Waals surface area contributed by atoms with Gasteiger partial charge in [-0.1, -0.05) is 11.2 Å². The molecule has 0 aliphatic carbocycles. The predicted octanol–water partition coefficient (Wildman–Crippen LogP) is 3.60. The molecule has 1 aromatic carbocycles. The molecule has 6 nitrogen and oxygen atoms in total. The summed E-state index contributed by atoms with van der Waals surface area (Å²) in [6, 6.07) is 5.99. The summed E-state index contributed by atoms with van der Waals surface area (Å²) in [5.74, 6) is 2.36. The lowest BCUT2D eigenvalue weighted by Crippen LogP contribution is -2.30. The third-order valence-electron chi connectivity index (χ3n) is 5.14. The quantitative estimate of drug-likeness (QED) is 0.789. The van der Waals surface area contributed by atoms with Gasteiger partial charge in [-0.15, -0.1) is 0 Å². The summed E-state index contributed by atoms with van der Waals surface area (Å²) >= 11 is 0. The van der Waals surface area contributed by atoms with E-state index in [1.165, 1.54) is 0 Å². The normalized spacial score (nSPS) is 16.8. The topological polar surface area (TPSA) is 64.8 Å². The van der Waals surface area contributed by atoms with Crippen LogP contribution >= 0.6 is 0 Å². The van der Waals surface area contributed by atoms with Crippen molar-refractivity contribution in [2.45, 2.75) is 45.6 Å². The number of methoxy groups -OCH3 is 2. The Morgan fingerprint density at radius 1 is 1.27 bits per heavy atom. The Morgan fingerprint density at radius 3 is 2.69 bits per heavy atom. The van der Waals surface area contributed by atoms with Crippen LogP contribution in [0.15, 0.2) is 22.7 Å². The van der Waals surface area contributed by atoms with Crippen LogP contribution in [0.4, 0.5) is 0 Å². The minimum absolute atomic E-state index is 0.0898. The Hall–Kier alpha value is -2.50. The van der Waals surface area contributed by atoms with E-state index in [0.29, 0.717) is 24.3 Å². The minimum atomic E-state index is 0.0898. The highest BCUT2D eigenvalue weighted by Gasteiger charge is 2.30. The molecule has 2 aromatic rings. The fourth-order valence-corrected chi connectivity index (χ4v) is 3.71. The smallest absolute Gasteiger partial charge is 0.223 e. The van der Waals surface area contributed by atoms with Crippen molar-refractivity contribution in [2.24, 2.45) is 0 Å². The van der Waals surface area contributed by atoms with E-state index >= 15 is 0 Å². The number of aryl methyl sites for hydroxylation is 2. The number of amides is 1. The van der Waals surface area contributed by atoms with Gasteiger partial charge in [0.15, 0.2) is 11.5 Å². The van der Waals surface area contributed by atoms with E-state index in [1.54, 1.807) is 14.2 Å². The van der Waals surface area contributed by atoms with Crippen molar-refractivity contribution in [3.8, 4) is 11.5 Å². The number of aromatic nitrogens is 1. The number of rotatable bonds is 6. The monoisotopic (exact) mass is 358 g/mol. The van der Waals surface area contributed by atoms with Crippen LogP contribution in [0, 0.1) is 13.8 Å². The number of carbonyl (C=O) groups excluding carboxylic acids is 1. The fourth-order valence-electron chi connectivity index (χ4n) is 3.71. The molecule has 1 fully saturated rings. The molecule has 1 saturated heterocycles. The van der Waals surface area contributed by atoms with Crippen LogP contribution in [0.1, 0.15) is 47.9 Å². The Bertz CT molecular complexity index is 765. The lowest BCUT2D eigenvalue weighted by atomic mass is 10.0. The summed E-state index contributed by atoms with van der Waals surface area (Å²) in [5, 5.41) is 3.96. The van der Waals surface area contributed by atoms with E-state index in [-0.39, 0.29) is 11.9 Å². The molecule has 2 heterocycles. The first-order valence-corrected chi connectivity index (χ1v) is 8.98. The highest BCUT2D eigenvalue weighted by molar-refractivity contribution is 5.77. The minimum Gasteiger partial charge on any atom is -0.493 e. The lowest BCUT2D eigenvalue weighted by Gasteiger charge is -2.26. The van der Waals surface area contributed by atoms with Gasteiger partial charge < -0.3 is 18.9 Å². The number of carbonyl (C=O) groups is 1. The van der Waals surface area contributed by atoms with E-state index in [0.717, 1.165) is 42.0 Å². The zero-order chi connectivity index (χ0) is 18.7. The molecule has 1 unspecified atom stereocenters. The van der Waals surface area contributed by atoms with Crippen molar-refractivity contribution < 1.29 is 18.8 Å². The van der Waals surface area contributed by atoms with E-state index in [4.69, 9.17) is 14.0 Å². The molecule has 0 N–H and O–H groups in total. The molecule has 6 heteroatoms. The first kappa shape index (κ1) is 18.3. The SMILES string of the molecule is COc1ccc(C2CCCN2C(=O)CCc2c(C)noc2C)cc1OC. The third-order valence-corrected chi connectivity index (χ3v) is 5.14. The van der Waals surface area contributed by atoms with Gasteiger partial charge in [0.2, 0.25) is 5.91 Å². The molecule has 0 radical (unpaired) electrons. The zero-order valence-corrected chi connectivity index (χ0v) is 15.9. The van der Waals surface area contributed by atoms with Gasteiger partial charge in [0.25, 0.3) is 0 Å². The van der Waals surface area contributed by atoms with E-state index < -0.39 is 0 Å². The standard InChI is InChI=1S/C20H26N2O4/c1-13-16(14(2)26-21-13)8-10-20(23)22-11-5-6-17(22)15-7-9-18(24-3)19(12-15)25-4/h7,9,12,17H,5-6,8,10-11H2,1-4H3. The first-order chi connectivity index (χ1) is 12.5. The van der Waals surface area contributed by atoms with Crippen LogP contribution in [0.2, 0.25) is 0 Å². The summed E-state index contributed by atoms with van der Waals surface area (Å²) in [4.78, 5) is 14.8. The molecule has 0 spiro atoms. The van der Waals surface area contributed by atoms with Gasteiger partial charge in [0.05, 0.1) is 26.0 Å². The average molecular weight is 358 g/mol. The van der Waals surface area contributed by atoms with Gasteiger partial charge in [-0.2, -0.15) is 0 Å². The number of ether oxygens (including phenoxy) is 2. The number of hydrogen-bond donors (Lipinski definition) is 0. The van der Waals surface area contributed by atoms with Crippen molar-refractivity contribution in [3.05, 3.63) is 40.8 Å². The number of nitrogens with zero attached hydrogens (tertiary/aromatic N) is 2. The fraction of sp³-hybridized carbons (Fsp3) is 0.500. The van der Waals surface area contributed by atoms with Crippen molar-refractivity contribution in [1.29, 1.82) is 0 Å². The maximum atomic E-state index is 12.8. The molecule has 1 amide bonds. The van der Waals surface area contributed by atoms with Crippen LogP contribution in [0.25, 0.3) is 0 Å². The number of likely N-dealkylation sites (tertiary alicyclic amines) is 1. The Kier molecular flexibility index (Phi) is 5.49. The molecule has 3 rings (SSSR count). The van der Waals surface area contributed by atoms with Gasteiger partial charge in [0, 0.05) is 18.5 Å². The number of hydrogen-bond acceptors (Lipinski definition) is 5. The van der Waals surface area contributed by atoms with Crippen LogP contribution in [0.5, 0.6) is 11.5 Å². The molecule has 26 heavy (non-hydrogen) atoms. The molecular weight excluding hydrogens is 332 g/mol. The molecule has 0 bridgehead atoms. The van der Waals surface area contributed by atoms with Crippen LogP contribution in [0.3, 0.4) is 0 Å². The lowest BCUT2D eigenvalue weighted by molar-refractivity contribution is -0.132. The van der Waals surface area contributed by atoms with Gasteiger partial charge >= 0.3 is 0 Å². The predicted molar refractivity (Wildman–Crippen MR) is 97.5 cm³/mol. The molecule has 1 aromatic heterocycles. The maximum Gasteiger partial charge on any atom is 0.223 e. The van der Waals surface area contributed by atoms with Crippen molar-refractivity contribution in [2.75, 3.05) is 20.8 Å². The molecule has 1 atom stereocenters.